The number of alkyl halides is 3. The van der Waals surface area contributed by atoms with Gasteiger partial charge in [0.1, 0.15) is 5.03 Å². The number of rotatable bonds is 6. The van der Waals surface area contributed by atoms with E-state index in [1.54, 1.807) is 6.07 Å². The fourth-order valence-electron chi connectivity index (χ4n) is 3.94. The minimum atomic E-state index is -4.65. The van der Waals surface area contributed by atoms with Crippen LogP contribution in [0, 0.1) is 0 Å². The summed E-state index contributed by atoms with van der Waals surface area (Å²) in [4.78, 5) is 15.8. The molecule has 6 nitrogen and oxygen atoms in total. The smallest absolute Gasteiger partial charge is 0.361 e. The van der Waals surface area contributed by atoms with Gasteiger partial charge in [-0.15, -0.1) is 0 Å². The summed E-state index contributed by atoms with van der Waals surface area (Å²) in [6, 6.07) is 10.2. The molecule has 178 valence electrons. The van der Waals surface area contributed by atoms with E-state index in [0.29, 0.717) is 11.6 Å². The Morgan fingerprint density at radius 1 is 1.09 bits per heavy atom. The van der Waals surface area contributed by atoms with E-state index in [1.165, 1.54) is 12.4 Å². The van der Waals surface area contributed by atoms with Crippen molar-refractivity contribution < 1.29 is 13.2 Å². The molecule has 1 aromatic carbocycles. The largest absolute Gasteiger partial charge is 0.433 e. The van der Waals surface area contributed by atoms with E-state index >= 15 is 0 Å². The molecule has 0 radical (unpaired) electrons. The summed E-state index contributed by atoms with van der Waals surface area (Å²) in [7, 11) is 0. The monoisotopic (exact) mass is 524 g/mol. The number of benzene rings is 1. The molecule has 1 saturated carbocycles. The second-order valence-electron chi connectivity index (χ2n) is 7.85. The molecule has 1 aliphatic rings. The van der Waals surface area contributed by atoms with Crippen LogP contribution in [0.1, 0.15) is 36.9 Å². The molecule has 12 heteroatoms. The van der Waals surface area contributed by atoms with Crippen molar-refractivity contribution in [3.8, 4) is 0 Å². The third kappa shape index (κ3) is 6.13. The van der Waals surface area contributed by atoms with Crippen LogP contribution in [0.25, 0.3) is 0 Å². The Kier molecular flexibility index (Phi) is 7.54. The molecule has 2 heterocycles. The number of halogens is 4. The van der Waals surface area contributed by atoms with Crippen LogP contribution in [0.3, 0.4) is 0 Å². The molecule has 34 heavy (non-hydrogen) atoms. The molecule has 0 atom stereocenters. The van der Waals surface area contributed by atoms with E-state index in [0.717, 1.165) is 49.1 Å². The Labute approximate surface area is 209 Å². The number of anilines is 1. The minimum Gasteiger partial charge on any atom is -0.361 e. The maximum Gasteiger partial charge on any atom is 0.433 e. The molecule has 1 fully saturated rings. The first kappa shape index (κ1) is 24.6. The van der Waals surface area contributed by atoms with Crippen molar-refractivity contribution in [3.63, 3.8) is 0 Å². The fraction of sp³-hybridized carbons (Fsp3) is 0.318. The highest BCUT2D eigenvalue weighted by atomic mass is 35.5. The van der Waals surface area contributed by atoms with Crippen LogP contribution in [-0.2, 0) is 11.6 Å². The van der Waals surface area contributed by atoms with Gasteiger partial charge in [0.05, 0.1) is 0 Å². The van der Waals surface area contributed by atoms with Crippen molar-refractivity contribution in [1.29, 1.82) is 0 Å². The first-order chi connectivity index (χ1) is 16.2. The Morgan fingerprint density at radius 2 is 1.82 bits per heavy atom. The molecule has 0 spiro atoms. The van der Waals surface area contributed by atoms with Crippen molar-refractivity contribution in [2.45, 2.75) is 47.5 Å². The second-order valence-corrected chi connectivity index (χ2v) is 9.68. The quantitative estimate of drug-likeness (QED) is 0.235. The summed E-state index contributed by atoms with van der Waals surface area (Å²) in [6.45, 7) is 0.512. The number of nitrogens with one attached hydrogen (secondary N) is 2. The van der Waals surface area contributed by atoms with Gasteiger partial charge in [-0.2, -0.15) is 13.2 Å². The van der Waals surface area contributed by atoms with Crippen LogP contribution in [0.15, 0.2) is 59.0 Å². The molecule has 2 aromatic heterocycles. The Balaban J connectivity index is 1.50. The molecule has 0 bridgehead atoms. The highest BCUT2D eigenvalue weighted by Gasteiger charge is 2.36. The summed E-state index contributed by atoms with van der Waals surface area (Å²) in [5.74, 6) is -0.256. The normalized spacial score (nSPS) is 15.2. The van der Waals surface area contributed by atoms with Crippen LogP contribution in [-0.4, -0.2) is 31.6 Å². The molecule has 1 aliphatic carbocycles. The Bertz CT molecular complexity index is 1160. The van der Waals surface area contributed by atoms with E-state index in [2.05, 4.69) is 30.6 Å². The van der Waals surface area contributed by atoms with Crippen molar-refractivity contribution >= 4 is 46.6 Å². The van der Waals surface area contributed by atoms with Gasteiger partial charge in [0.25, 0.3) is 0 Å². The molecule has 3 aromatic rings. The lowest BCUT2D eigenvalue weighted by molar-refractivity contribution is -0.141. The SMILES string of the molecule is FC(F)(F)c1cc(Sc2ncccn2)nc(NC(=S)NCC2(c3cccc(Cl)c3)CCCC2)n1. The van der Waals surface area contributed by atoms with Crippen molar-refractivity contribution in [1.82, 2.24) is 25.3 Å². The summed E-state index contributed by atoms with van der Waals surface area (Å²) in [5, 5.41) is 6.96. The van der Waals surface area contributed by atoms with Gasteiger partial charge < -0.3 is 10.6 Å². The van der Waals surface area contributed by atoms with Gasteiger partial charge in [-0.1, -0.05) is 36.6 Å². The van der Waals surface area contributed by atoms with Crippen LogP contribution in [0.5, 0.6) is 0 Å². The molecule has 4 rings (SSSR count). The zero-order valence-corrected chi connectivity index (χ0v) is 20.2. The summed E-state index contributed by atoms with van der Waals surface area (Å²) in [5.41, 5.74) is -0.126. The molecular weight excluding hydrogens is 505 g/mol. The molecule has 0 unspecified atom stereocenters. The summed E-state index contributed by atoms with van der Waals surface area (Å²) >= 11 is 12.5. The number of hydrogen-bond donors (Lipinski definition) is 2. The zero-order valence-electron chi connectivity index (χ0n) is 17.8. The highest BCUT2D eigenvalue weighted by Crippen LogP contribution is 2.41. The highest BCUT2D eigenvalue weighted by molar-refractivity contribution is 7.99. The number of nitrogens with zero attached hydrogens (tertiary/aromatic N) is 4. The van der Waals surface area contributed by atoms with Gasteiger partial charge in [0, 0.05) is 35.4 Å². The van der Waals surface area contributed by atoms with Gasteiger partial charge in [-0.05, 0) is 60.6 Å². The second kappa shape index (κ2) is 10.4. The number of thiocarbonyl (C=S) groups is 1. The maximum atomic E-state index is 13.4. The third-order valence-corrected chi connectivity index (χ3v) is 6.83. The van der Waals surface area contributed by atoms with Crippen LogP contribution < -0.4 is 10.6 Å². The van der Waals surface area contributed by atoms with Gasteiger partial charge in [-0.25, -0.2) is 19.9 Å². The first-order valence-electron chi connectivity index (χ1n) is 10.5. The standard InChI is InChI=1S/C22H20ClF3N6S2/c23-15-6-3-5-14(11-15)21(7-1-2-8-21)13-29-19(33)32-18-30-16(22(24,25)26)12-17(31-18)34-20-27-9-4-10-28-20/h3-6,9-12H,1-2,7-8,13H2,(H2,29,30,31,32,33). The fourth-order valence-corrected chi connectivity index (χ4v) is 5.01. The molecule has 0 saturated heterocycles. The van der Waals surface area contributed by atoms with Crippen molar-refractivity contribution in [2.75, 3.05) is 11.9 Å². The topological polar surface area (TPSA) is 75.6 Å². The molecule has 0 amide bonds. The third-order valence-electron chi connectivity index (χ3n) is 5.54. The minimum absolute atomic E-state index is 0.0463. The van der Waals surface area contributed by atoms with E-state index in [-0.39, 0.29) is 26.7 Å². The average Bonchev–Trinajstić information content (AvgIpc) is 3.28. The lowest BCUT2D eigenvalue weighted by Gasteiger charge is -2.30. The van der Waals surface area contributed by atoms with E-state index in [1.807, 2.05) is 24.3 Å². The van der Waals surface area contributed by atoms with Gasteiger partial charge in [0.15, 0.2) is 16.0 Å². The predicted octanol–water partition coefficient (Wildman–Crippen LogP) is 5.89. The zero-order chi connectivity index (χ0) is 24.2. The first-order valence-corrected chi connectivity index (χ1v) is 12.1. The van der Waals surface area contributed by atoms with Gasteiger partial charge in [-0.3, -0.25) is 0 Å². The van der Waals surface area contributed by atoms with Crippen molar-refractivity contribution in [2.24, 2.45) is 0 Å². The average molecular weight is 525 g/mol. The van der Waals surface area contributed by atoms with Gasteiger partial charge >= 0.3 is 6.18 Å². The molecule has 2 N–H and O–H groups in total. The lowest BCUT2D eigenvalue weighted by atomic mass is 9.79. The lowest BCUT2D eigenvalue weighted by Crippen LogP contribution is -2.41. The van der Waals surface area contributed by atoms with E-state index < -0.39 is 11.9 Å². The Morgan fingerprint density at radius 3 is 2.50 bits per heavy atom. The van der Waals surface area contributed by atoms with Crippen LogP contribution in [0.4, 0.5) is 19.1 Å². The van der Waals surface area contributed by atoms with Crippen LogP contribution >= 0.6 is 35.6 Å². The Hall–Kier alpha value is -2.50. The van der Waals surface area contributed by atoms with Crippen LogP contribution in [0.2, 0.25) is 5.02 Å². The van der Waals surface area contributed by atoms with Gasteiger partial charge in [0.2, 0.25) is 5.95 Å². The number of hydrogen-bond acceptors (Lipinski definition) is 6. The molecular formula is C22H20ClF3N6S2. The predicted molar refractivity (Wildman–Crippen MR) is 129 cm³/mol. The van der Waals surface area contributed by atoms with E-state index in [4.69, 9.17) is 23.8 Å². The maximum absolute atomic E-state index is 13.4. The summed E-state index contributed by atoms with van der Waals surface area (Å²) < 4.78 is 40.3. The number of aromatic nitrogens is 4. The summed E-state index contributed by atoms with van der Waals surface area (Å²) in [6.07, 6.45) is 2.42. The van der Waals surface area contributed by atoms with Crippen molar-refractivity contribution in [3.05, 3.63) is 65.1 Å². The molecule has 0 aliphatic heterocycles. The van der Waals surface area contributed by atoms with E-state index in [9.17, 15) is 13.2 Å².